The summed E-state index contributed by atoms with van der Waals surface area (Å²) in [7, 11) is 1.65. The maximum Gasteiger partial charge on any atom is 0.345 e. The number of benzene rings is 4. The van der Waals surface area contributed by atoms with Gasteiger partial charge in [-0.1, -0.05) is 54.6 Å². The Labute approximate surface area is 251 Å². The summed E-state index contributed by atoms with van der Waals surface area (Å²) in [6.07, 6.45) is 0. The van der Waals surface area contributed by atoms with E-state index >= 15 is 0 Å². The number of thiophene rings is 1. The number of aromatic carboxylic acids is 1. The number of ether oxygens (including phenoxy) is 1. The third kappa shape index (κ3) is 4.94. The summed E-state index contributed by atoms with van der Waals surface area (Å²) >= 11 is 1.29. The van der Waals surface area contributed by atoms with Crippen LogP contribution in [0, 0.1) is 5.82 Å². The summed E-state index contributed by atoms with van der Waals surface area (Å²) in [5.41, 5.74) is 8.33. The molecule has 0 amide bonds. The number of hydrogen-bond donors (Lipinski definition) is 1. The first-order valence-corrected chi connectivity index (χ1v) is 14.5. The molecule has 0 saturated carbocycles. The van der Waals surface area contributed by atoms with E-state index in [4.69, 9.17) is 9.72 Å². The van der Waals surface area contributed by atoms with Crippen LogP contribution in [0.5, 0.6) is 5.75 Å². The minimum absolute atomic E-state index is 0.282. The van der Waals surface area contributed by atoms with Gasteiger partial charge >= 0.3 is 5.97 Å². The molecule has 0 aliphatic rings. The lowest BCUT2D eigenvalue weighted by molar-refractivity contribution is 0.0702. The molecule has 4 aromatic carbocycles. The summed E-state index contributed by atoms with van der Waals surface area (Å²) in [6, 6.07) is 36.3. The number of rotatable bonds is 7. The van der Waals surface area contributed by atoms with Crippen LogP contribution < -0.4 is 4.74 Å². The second-order valence-corrected chi connectivity index (χ2v) is 11.3. The van der Waals surface area contributed by atoms with Crippen LogP contribution in [0.2, 0.25) is 0 Å². The predicted molar refractivity (Wildman–Crippen MR) is 170 cm³/mol. The van der Waals surface area contributed by atoms with Crippen molar-refractivity contribution in [3.63, 3.8) is 0 Å². The fourth-order valence-corrected chi connectivity index (χ4v) is 6.64. The molecule has 5 nitrogen and oxygen atoms in total. The molecule has 0 atom stereocenters. The molecule has 0 unspecified atom stereocenters. The number of pyridine rings is 1. The Balaban J connectivity index is 1.45. The van der Waals surface area contributed by atoms with E-state index < -0.39 is 5.97 Å². The lowest BCUT2D eigenvalue weighted by Crippen LogP contribution is -2.03. The molecule has 43 heavy (non-hydrogen) atoms. The van der Waals surface area contributed by atoms with Crippen molar-refractivity contribution >= 4 is 38.4 Å². The number of nitrogens with zero attached hydrogens (tertiary/aromatic N) is 2. The van der Waals surface area contributed by atoms with Gasteiger partial charge < -0.3 is 14.4 Å². The van der Waals surface area contributed by atoms with Crippen molar-refractivity contribution in [1.82, 2.24) is 9.55 Å². The van der Waals surface area contributed by atoms with Crippen LogP contribution in [0.1, 0.15) is 15.2 Å². The largest absolute Gasteiger partial charge is 0.497 e. The highest BCUT2D eigenvalue weighted by Gasteiger charge is 2.24. The number of carbonyl (C=O) groups is 1. The number of hydrogen-bond acceptors (Lipinski definition) is 4. The van der Waals surface area contributed by atoms with Gasteiger partial charge in [0.1, 0.15) is 16.4 Å². The highest BCUT2D eigenvalue weighted by molar-refractivity contribution is 7.21. The molecule has 1 N–H and O–H groups in total. The zero-order chi connectivity index (χ0) is 29.5. The van der Waals surface area contributed by atoms with Gasteiger partial charge in [-0.05, 0) is 77.4 Å². The number of carboxylic acid groups (broad SMARTS) is 1. The normalized spacial score (nSPS) is 11.3. The smallest absolute Gasteiger partial charge is 0.345 e. The fourth-order valence-electron chi connectivity index (χ4n) is 5.57. The van der Waals surface area contributed by atoms with Crippen molar-refractivity contribution in [3.8, 4) is 39.4 Å². The Kier molecular flexibility index (Phi) is 6.72. The van der Waals surface area contributed by atoms with Crippen molar-refractivity contribution in [2.45, 2.75) is 6.54 Å². The Morgan fingerprint density at radius 1 is 0.860 bits per heavy atom. The molecule has 7 heteroatoms. The first-order valence-electron chi connectivity index (χ1n) is 13.7. The molecule has 7 rings (SSSR count). The number of fused-ring (bicyclic) bond motifs is 2. The summed E-state index contributed by atoms with van der Waals surface area (Å²) in [5.74, 6) is -0.463. The summed E-state index contributed by atoms with van der Waals surface area (Å²) in [4.78, 5) is 17.2. The summed E-state index contributed by atoms with van der Waals surface area (Å²) < 4.78 is 22.1. The van der Waals surface area contributed by atoms with Crippen LogP contribution in [-0.2, 0) is 6.54 Å². The second-order valence-electron chi connectivity index (χ2n) is 10.3. The van der Waals surface area contributed by atoms with E-state index in [1.807, 2.05) is 60.7 Å². The van der Waals surface area contributed by atoms with Crippen molar-refractivity contribution in [1.29, 1.82) is 0 Å². The highest BCUT2D eigenvalue weighted by Crippen LogP contribution is 2.45. The van der Waals surface area contributed by atoms with Gasteiger partial charge in [-0.25, -0.2) is 14.2 Å². The van der Waals surface area contributed by atoms with Gasteiger partial charge in [0, 0.05) is 23.1 Å². The number of carboxylic acids is 1. The van der Waals surface area contributed by atoms with Gasteiger partial charge in [0.25, 0.3) is 0 Å². The van der Waals surface area contributed by atoms with Crippen LogP contribution in [0.3, 0.4) is 0 Å². The number of halogens is 1. The van der Waals surface area contributed by atoms with E-state index in [2.05, 4.69) is 28.8 Å². The van der Waals surface area contributed by atoms with E-state index in [1.165, 1.54) is 23.5 Å². The number of aromatic nitrogens is 2. The van der Waals surface area contributed by atoms with E-state index in [0.717, 1.165) is 66.1 Å². The molecule has 210 valence electrons. The third-order valence-corrected chi connectivity index (χ3v) is 8.72. The summed E-state index contributed by atoms with van der Waals surface area (Å²) in [5, 5.41) is 10.9. The second kappa shape index (κ2) is 10.9. The average Bonchev–Trinajstić information content (AvgIpc) is 3.60. The molecule has 0 radical (unpaired) electrons. The maximum atomic E-state index is 13.5. The molecule has 3 heterocycles. The molecular weight excluding hydrogens is 559 g/mol. The summed E-state index contributed by atoms with van der Waals surface area (Å²) in [6.45, 7) is 0.519. The molecule has 0 aliphatic carbocycles. The lowest BCUT2D eigenvalue weighted by atomic mass is 9.99. The third-order valence-electron chi connectivity index (χ3n) is 7.59. The van der Waals surface area contributed by atoms with Gasteiger partial charge in [0.05, 0.1) is 34.2 Å². The molecule has 3 aromatic heterocycles. The predicted octanol–water partition coefficient (Wildman–Crippen LogP) is 9.15. The van der Waals surface area contributed by atoms with Crippen LogP contribution in [0.25, 0.3) is 54.8 Å². The van der Waals surface area contributed by atoms with E-state index in [9.17, 15) is 14.3 Å². The SMILES string of the molecule is COc1cccc(Cn2c(-c3ccc4nc(-c5ccc(F)cc5)ccc4c3)c(-c3ccccc3)c3sc(C(=O)O)cc32)c1. The quantitative estimate of drug-likeness (QED) is 0.203. The molecule has 0 fully saturated rings. The maximum absolute atomic E-state index is 13.5. The van der Waals surface area contributed by atoms with Gasteiger partial charge in [0.2, 0.25) is 0 Å². The molecule has 0 bridgehead atoms. The van der Waals surface area contributed by atoms with Crippen LogP contribution in [0.15, 0.2) is 115 Å². The number of methoxy groups -OCH3 is 1. The molecule has 7 aromatic rings. The first kappa shape index (κ1) is 26.6. The Morgan fingerprint density at radius 2 is 1.65 bits per heavy atom. The first-order chi connectivity index (χ1) is 21.0. The minimum atomic E-state index is -0.941. The van der Waals surface area contributed by atoms with Crippen molar-refractivity contribution in [2.75, 3.05) is 7.11 Å². The highest BCUT2D eigenvalue weighted by atomic mass is 32.1. The Hall–Kier alpha value is -5.27. The topological polar surface area (TPSA) is 64.4 Å². The van der Waals surface area contributed by atoms with E-state index in [-0.39, 0.29) is 5.82 Å². The van der Waals surface area contributed by atoms with Gasteiger partial charge in [0.15, 0.2) is 0 Å². The van der Waals surface area contributed by atoms with Crippen LogP contribution in [0.4, 0.5) is 4.39 Å². The molecular formula is C36H25FN2O3S. The van der Waals surface area contributed by atoms with E-state index in [1.54, 1.807) is 25.3 Å². The van der Waals surface area contributed by atoms with E-state index in [0.29, 0.717) is 11.4 Å². The Bertz CT molecular complexity index is 2130. The van der Waals surface area contributed by atoms with Gasteiger partial charge in [-0.15, -0.1) is 11.3 Å². The lowest BCUT2D eigenvalue weighted by Gasteiger charge is -2.15. The zero-order valence-electron chi connectivity index (χ0n) is 23.1. The fraction of sp³-hybridized carbons (Fsp3) is 0.0556. The minimum Gasteiger partial charge on any atom is -0.497 e. The molecule has 0 spiro atoms. The van der Waals surface area contributed by atoms with Gasteiger partial charge in [-0.2, -0.15) is 0 Å². The van der Waals surface area contributed by atoms with Crippen molar-refractivity contribution < 1.29 is 19.0 Å². The van der Waals surface area contributed by atoms with Gasteiger partial charge in [-0.3, -0.25) is 0 Å². The van der Waals surface area contributed by atoms with Crippen molar-refractivity contribution in [3.05, 3.63) is 132 Å². The van der Waals surface area contributed by atoms with Crippen LogP contribution >= 0.6 is 11.3 Å². The standard InChI is InChI=1S/C36H25FN2O3S/c1-42-28-9-5-6-22(18-28)21-39-31-20-32(36(40)41)43-35(31)33(24-7-3-2-4-8-24)34(39)26-13-17-30-25(19-26)12-16-29(38-30)23-10-14-27(37)15-11-23/h2-20H,21H2,1H3,(H,40,41). The molecule has 0 aliphatic heterocycles. The monoisotopic (exact) mass is 584 g/mol. The molecule has 0 saturated heterocycles. The Morgan fingerprint density at radius 3 is 2.42 bits per heavy atom. The average molecular weight is 585 g/mol. The van der Waals surface area contributed by atoms with Crippen LogP contribution in [-0.4, -0.2) is 27.7 Å². The van der Waals surface area contributed by atoms with Crippen molar-refractivity contribution in [2.24, 2.45) is 0 Å². The zero-order valence-corrected chi connectivity index (χ0v) is 23.9.